The van der Waals surface area contributed by atoms with Gasteiger partial charge in [-0.1, -0.05) is 0 Å². The topological polar surface area (TPSA) is 90.7 Å². The van der Waals surface area contributed by atoms with Crippen LogP contribution in [-0.2, 0) is 9.53 Å². The Morgan fingerprint density at radius 3 is 2.85 bits per heavy atom. The first-order valence-electron chi connectivity index (χ1n) is 5.83. The first kappa shape index (κ1) is 16.4. The fraction of sp³-hybridized carbons (Fsp3) is 0.417. The zero-order valence-corrected chi connectivity index (χ0v) is 12.7. The zero-order chi connectivity index (χ0) is 15.1. The molecule has 0 saturated heterocycles. The maximum atomic E-state index is 11.7. The average Bonchev–Trinajstić information content (AvgIpc) is 2.41. The zero-order valence-electron chi connectivity index (χ0n) is 11.1. The van der Waals surface area contributed by atoms with Gasteiger partial charge in [0.15, 0.2) is 6.10 Å². The first-order chi connectivity index (χ1) is 9.45. The highest BCUT2D eigenvalue weighted by atomic mass is 79.9. The van der Waals surface area contributed by atoms with E-state index in [4.69, 9.17) is 9.47 Å². The molecule has 0 aliphatic rings. The quantitative estimate of drug-likeness (QED) is 0.462. The Morgan fingerprint density at radius 2 is 2.25 bits per heavy atom. The van der Waals surface area contributed by atoms with E-state index in [1.165, 1.54) is 25.3 Å². The van der Waals surface area contributed by atoms with Crippen LogP contribution in [0.2, 0.25) is 0 Å². The van der Waals surface area contributed by atoms with Crippen LogP contribution in [0.5, 0.6) is 5.75 Å². The Kier molecular flexibility index (Phi) is 6.40. The number of nitro benzene ring substituents is 1. The van der Waals surface area contributed by atoms with Crippen LogP contribution in [-0.4, -0.2) is 37.2 Å². The van der Waals surface area contributed by atoms with Crippen molar-refractivity contribution in [2.45, 2.75) is 13.0 Å². The summed E-state index contributed by atoms with van der Waals surface area (Å²) in [6.07, 6.45) is -0.773. The number of carbonyl (C=O) groups excluding carboxylic acids is 1. The van der Waals surface area contributed by atoms with Gasteiger partial charge in [-0.3, -0.25) is 14.9 Å². The van der Waals surface area contributed by atoms with E-state index < -0.39 is 11.0 Å². The van der Waals surface area contributed by atoms with E-state index in [1.54, 1.807) is 6.92 Å². The van der Waals surface area contributed by atoms with E-state index >= 15 is 0 Å². The molecule has 1 rings (SSSR count). The van der Waals surface area contributed by atoms with Crippen molar-refractivity contribution in [3.05, 3.63) is 32.8 Å². The van der Waals surface area contributed by atoms with Crippen molar-refractivity contribution in [3.63, 3.8) is 0 Å². The molecule has 1 N–H and O–H groups in total. The molecule has 0 fully saturated rings. The molecule has 1 aromatic carbocycles. The third-order valence-corrected chi connectivity index (χ3v) is 3.06. The van der Waals surface area contributed by atoms with Crippen LogP contribution in [0.4, 0.5) is 5.69 Å². The molecule has 7 nitrogen and oxygen atoms in total. The molecular formula is C12H15BrN2O5. The van der Waals surface area contributed by atoms with Crippen molar-refractivity contribution in [1.82, 2.24) is 5.32 Å². The lowest BCUT2D eigenvalue weighted by Gasteiger charge is -2.15. The van der Waals surface area contributed by atoms with Crippen LogP contribution in [0.3, 0.4) is 0 Å². The van der Waals surface area contributed by atoms with Crippen molar-refractivity contribution < 1.29 is 19.2 Å². The molecule has 0 heterocycles. The number of methoxy groups -OCH3 is 1. The largest absolute Gasteiger partial charge is 0.479 e. The molecule has 1 amide bonds. The van der Waals surface area contributed by atoms with E-state index in [2.05, 4.69) is 21.2 Å². The number of carbonyl (C=O) groups is 1. The normalized spacial score (nSPS) is 11.8. The van der Waals surface area contributed by atoms with E-state index in [1.807, 2.05) is 0 Å². The fourth-order valence-electron chi connectivity index (χ4n) is 1.36. The Bertz CT molecular complexity index is 495. The summed E-state index contributed by atoms with van der Waals surface area (Å²) in [6, 6.07) is 4.12. The maximum absolute atomic E-state index is 11.7. The highest BCUT2D eigenvalue weighted by molar-refractivity contribution is 9.10. The highest BCUT2D eigenvalue weighted by Crippen LogP contribution is 2.30. The number of nitrogens with one attached hydrogen (secondary N) is 1. The molecule has 0 spiro atoms. The summed E-state index contributed by atoms with van der Waals surface area (Å²) < 4.78 is 10.8. The van der Waals surface area contributed by atoms with Gasteiger partial charge in [0.05, 0.1) is 22.1 Å². The Labute approximate surface area is 124 Å². The monoisotopic (exact) mass is 346 g/mol. The summed E-state index contributed by atoms with van der Waals surface area (Å²) >= 11 is 3.22. The number of non-ortho nitro benzene ring substituents is 1. The summed E-state index contributed by atoms with van der Waals surface area (Å²) in [7, 11) is 1.53. The highest BCUT2D eigenvalue weighted by Gasteiger charge is 2.17. The lowest BCUT2D eigenvalue weighted by Crippen LogP contribution is -2.38. The molecular weight excluding hydrogens is 332 g/mol. The Balaban J connectivity index is 2.69. The molecule has 0 aromatic heterocycles. The molecule has 0 saturated carbocycles. The summed E-state index contributed by atoms with van der Waals surface area (Å²) in [4.78, 5) is 21.9. The number of nitro groups is 1. The molecule has 0 radical (unpaired) electrons. The second-order valence-electron chi connectivity index (χ2n) is 3.92. The number of hydrogen-bond donors (Lipinski definition) is 1. The Hall–Kier alpha value is -1.67. The van der Waals surface area contributed by atoms with E-state index in [-0.39, 0.29) is 17.3 Å². The van der Waals surface area contributed by atoms with Gasteiger partial charge in [-0.15, -0.1) is 0 Å². The maximum Gasteiger partial charge on any atom is 0.273 e. The average molecular weight is 347 g/mol. The van der Waals surface area contributed by atoms with Crippen LogP contribution in [0.1, 0.15) is 6.92 Å². The lowest BCUT2D eigenvalue weighted by atomic mass is 10.3. The standard InChI is InChI=1S/C12H15BrN2O5/c1-8(12(16)14-5-6-19-2)20-11-7-9(15(17)18)3-4-10(11)13/h3-4,7-8H,5-6H2,1-2H3,(H,14,16). The van der Waals surface area contributed by atoms with E-state index in [0.29, 0.717) is 17.6 Å². The second kappa shape index (κ2) is 7.81. The van der Waals surface area contributed by atoms with Crippen LogP contribution in [0, 0.1) is 10.1 Å². The molecule has 0 aliphatic carbocycles. The van der Waals surface area contributed by atoms with Gasteiger partial charge in [0.25, 0.3) is 11.6 Å². The number of ether oxygens (including phenoxy) is 2. The van der Waals surface area contributed by atoms with Gasteiger partial charge < -0.3 is 14.8 Å². The fourth-order valence-corrected chi connectivity index (χ4v) is 1.70. The SMILES string of the molecule is COCCNC(=O)C(C)Oc1cc([N+](=O)[O-])ccc1Br. The van der Waals surface area contributed by atoms with Gasteiger partial charge in [-0.2, -0.15) is 0 Å². The van der Waals surface area contributed by atoms with Crippen LogP contribution >= 0.6 is 15.9 Å². The van der Waals surface area contributed by atoms with Gasteiger partial charge in [0.1, 0.15) is 5.75 Å². The van der Waals surface area contributed by atoms with Gasteiger partial charge in [0.2, 0.25) is 0 Å². The van der Waals surface area contributed by atoms with Gasteiger partial charge in [0, 0.05) is 19.7 Å². The van der Waals surface area contributed by atoms with E-state index in [9.17, 15) is 14.9 Å². The van der Waals surface area contributed by atoms with Gasteiger partial charge in [-0.25, -0.2) is 0 Å². The minimum absolute atomic E-state index is 0.102. The van der Waals surface area contributed by atoms with Crippen LogP contribution in [0.15, 0.2) is 22.7 Å². The second-order valence-corrected chi connectivity index (χ2v) is 4.77. The molecule has 0 aliphatic heterocycles. The number of benzene rings is 1. The first-order valence-corrected chi connectivity index (χ1v) is 6.62. The molecule has 110 valence electrons. The van der Waals surface area contributed by atoms with Crippen LogP contribution in [0.25, 0.3) is 0 Å². The molecule has 20 heavy (non-hydrogen) atoms. The third kappa shape index (κ3) is 4.78. The molecule has 1 atom stereocenters. The molecule has 0 bridgehead atoms. The van der Waals surface area contributed by atoms with Crippen molar-refractivity contribution in [1.29, 1.82) is 0 Å². The minimum Gasteiger partial charge on any atom is -0.479 e. The predicted molar refractivity (Wildman–Crippen MR) is 75.8 cm³/mol. The summed E-state index contributed by atoms with van der Waals surface area (Å²) in [5, 5.41) is 13.3. The summed E-state index contributed by atoms with van der Waals surface area (Å²) in [5.74, 6) is -0.0750. The van der Waals surface area contributed by atoms with Crippen molar-refractivity contribution in [2.75, 3.05) is 20.3 Å². The lowest BCUT2D eigenvalue weighted by molar-refractivity contribution is -0.385. The number of hydrogen-bond acceptors (Lipinski definition) is 5. The number of amides is 1. The third-order valence-electron chi connectivity index (χ3n) is 2.40. The van der Waals surface area contributed by atoms with Crippen molar-refractivity contribution in [3.8, 4) is 5.75 Å². The van der Waals surface area contributed by atoms with Gasteiger partial charge >= 0.3 is 0 Å². The summed E-state index contributed by atoms with van der Waals surface area (Å²) in [5.41, 5.74) is -0.102. The number of rotatable bonds is 7. The number of nitrogens with zero attached hydrogens (tertiary/aromatic N) is 1. The molecule has 1 unspecified atom stereocenters. The molecule has 8 heteroatoms. The van der Waals surface area contributed by atoms with Crippen LogP contribution < -0.4 is 10.1 Å². The predicted octanol–water partition coefficient (Wildman–Crippen LogP) is 1.89. The minimum atomic E-state index is -0.773. The smallest absolute Gasteiger partial charge is 0.273 e. The van der Waals surface area contributed by atoms with Crippen molar-refractivity contribution in [2.24, 2.45) is 0 Å². The summed E-state index contributed by atoms with van der Waals surface area (Å²) in [6.45, 7) is 2.34. The van der Waals surface area contributed by atoms with Gasteiger partial charge in [-0.05, 0) is 28.9 Å². The van der Waals surface area contributed by atoms with Crippen molar-refractivity contribution >= 4 is 27.5 Å². The Morgan fingerprint density at radius 1 is 1.55 bits per heavy atom. The van der Waals surface area contributed by atoms with E-state index in [0.717, 1.165) is 0 Å². The molecule has 1 aromatic rings. The number of halogens is 1.